The van der Waals surface area contributed by atoms with E-state index in [0.717, 1.165) is 35.2 Å². The summed E-state index contributed by atoms with van der Waals surface area (Å²) in [5.74, 6) is 2.47. The van der Waals surface area contributed by atoms with Gasteiger partial charge in [-0.2, -0.15) is 0 Å². The normalized spacial score (nSPS) is 18.9. The van der Waals surface area contributed by atoms with Crippen LogP contribution in [0.2, 0.25) is 0 Å². The zero-order valence-corrected chi connectivity index (χ0v) is 19.8. The summed E-state index contributed by atoms with van der Waals surface area (Å²) >= 11 is 0. The van der Waals surface area contributed by atoms with Crippen molar-refractivity contribution in [1.29, 1.82) is 0 Å². The molecule has 33 heavy (non-hydrogen) atoms. The maximum atomic E-state index is 4.81. The average molecular weight is 440 g/mol. The highest BCUT2D eigenvalue weighted by Gasteiger charge is 2.34. The van der Waals surface area contributed by atoms with Crippen molar-refractivity contribution in [3.63, 3.8) is 0 Å². The molecule has 1 aliphatic heterocycles. The average Bonchev–Trinajstić information content (AvgIpc) is 3.59. The number of hydrogen-bond donors (Lipinski definition) is 2. The molecule has 170 valence electrons. The van der Waals surface area contributed by atoms with Crippen molar-refractivity contribution < 1.29 is 0 Å². The highest BCUT2D eigenvalue weighted by atomic mass is 15.2. The number of benzene rings is 2. The summed E-state index contributed by atoms with van der Waals surface area (Å²) in [6.07, 6.45) is 8.03. The Bertz CT molecular complexity index is 1160. The Balaban J connectivity index is 1.31. The molecule has 0 amide bonds. The van der Waals surface area contributed by atoms with Gasteiger partial charge in [-0.05, 0) is 60.0 Å². The highest BCUT2D eigenvalue weighted by Crippen LogP contribution is 2.36. The van der Waals surface area contributed by atoms with Gasteiger partial charge in [0, 0.05) is 0 Å². The Morgan fingerprint density at radius 2 is 1.55 bits per heavy atom. The van der Waals surface area contributed by atoms with Gasteiger partial charge < -0.3 is 9.97 Å². The molecule has 5 rings (SSSR count). The number of H-pyrrole nitrogens is 2. The largest absolute Gasteiger partial charge is 0.345 e. The van der Waals surface area contributed by atoms with Gasteiger partial charge in [-0.1, -0.05) is 69.3 Å². The molecule has 1 fully saturated rings. The predicted molar refractivity (Wildman–Crippen MR) is 135 cm³/mol. The number of nitrogens with zero attached hydrogens (tertiary/aromatic N) is 3. The molecule has 0 saturated carbocycles. The summed E-state index contributed by atoms with van der Waals surface area (Å²) in [6, 6.07) is 17.7. The molecule has 4 aromatic rings. The van der Waals surface area contributed by atoms with Gasteiger partial charge >= 0.3 is 0 Å². The number of aromatic amines is 2. The van der Waals surface area contributed by atoms with Crippen molar-refractivity contribution in [2.75, 3.05) is 13.1 Å². The maximum absolute atomic E-state index is 4.81. The molecule has 2 aromatic carbocycles. The third-order valence-electron chi connectivity index (χ3n) is 6.90. The van der Waals surface area contributed by atoms with Crippen LogP contribution in [-0.4, -0.2) is 37.9 Å². The molecule has 2 atom stereocenters. The van der Waals surface area contributed by atoms with E-state index in [0.29, 0.717) is 12.0 Å². The first kappa shape index (κ1) is 21.7. The van der Waals surface area contributed by atoms with Crippen LogP contribution < -0.4 is 0 Å². The SMILES string of the molecule is CC(C)CCN1CCC(C)C1c1ncc(-c2ccc(-c3ccc(-c4cnc[nH]4)cc3)cc2)[nH]1. The van der Waals surface area contributed by atoms with Gasteiger partial charge in [0.2, 0.25) is 0 Å². The zero-order valence-electron chi connectivity index (χ0n) is 19.8. The molecule has 5 nitrogen and oxygen atoms in total. The van der Waals surface area contributed by atoms with Crippen LogP contribution in [0.3, 0.4) is 0 Å². The van der Waals surface area contributed by atoms with Crippen LogP contribution in [0.25, 0.3) is 33.6 Å². The van der Waals surface area contributed by atoms with E-state index in [-0.39, 0.29) is 0 Å². The fourth-order valence-corrected chi connectivity index (χ4v) is 4.88. The molecule has 1 aliphatic rings. The van der Waals surface area contributed by atoms with Crippen molar-refractivity contribution in [2.24, 2.45) is 11.8 Å². The summed E-state index contributed by atoms with van der Waals surface area (Å²) < 4.78 is 0. The second kappa shape index (κ2) is 9.36. The summed E-state index contributed by atoms with van der Waals surface area (Å²) in [4.78, 5) is 18.3. The Hall–Kier alpha value is -3.18. The van der Waals surface area contributed by atoms with Crippen molar-refractivity contribution in [2.45, 2.75) is 39.7 Å². The molecule has 0 radical (unpaired) electrons. The minimum atomic E-state index is 0.394. The minimum absolute atomic E-state index is 0.394. The lowest BCUT2D eigenvalue weighted by Gasteiger charge is -2.25. The smallest absolute Gasteiger partial charge is 0.124 e. The van der Waals surface area contributed by atoms with Gasteiger partial charge in [-0.3, -0.25) is 4.90 Å². The molecule has 2 unspecified atom stereocenters. The molecule has 1 saturated heterocycles. The topological polar surface area (TPSA) is 60.6 Å². The summed E-state index contributed by atoms with van der Waals surface area (Å²) in [7, 11) is 0. The van der Waals surface area contributed by atoms with Gasteiger partial charge in [-0.25, -0.2) is 9.97 Å². The third-order valence-corrected chi connectivity index (χ3v) is 6.90. The fraction of sp³-hybridized carbons (Fsp3) is 0.357. The van der Waals surface area contributed by atoms with E-state index in [1.54, 1.807) is 6.33 Å². The van der Waals surface area contributed by atoms with Gasteiger partial charge in [0.15, 0.2) is 0 Å². The van der Waals surface area contributed by atoms with Crippen LogP contribution in [0.5, 0.6) is 0 Å². The second-order valence-electron chi connectivity index (χ2n) is 9.73. The van der Waals surface area contributed by atoms with Gasteiger partial charge in [0.05, 0.1) is 36.2 Å². The third kappa shape index (κ3) is 4.64. The first-order valence-electron chi connectivity index (χ1n) is 12.1. The first-order chi connectivity index (χ1) is 16.1. The van der Waals surface area contributed by atoms with Gasteiger partial charge in [-0.15, -0.1) is 0 Å². The Morgan fingerprint density at radius 1 is 0.909 bits per heavy atom. The lowest BCUT2D eigenvalue weighted by atomic mass is 10.0. The molecular formula is C28H33N5. The molecule has 0 aliphatic carbocycles. The number of aromatic nitrogens is 4. The van der Waals surface area contributed by atoms with E-state index in [1.165, 1.54) is 36.1 Å². The number of rotatable bonds is 7. The van der Waals surface area contributed by atoms with E-state index < -0.39 is 0 Å². The Kier molecular flexibility index (Phi) is 6.14. The molecule has 0 spiro atoms. The molecule has 3 heterocycles. The van der Waals surface area contributed by atoms with Crippen LogP contribution in [0.4, 0.5) is 0 Å². The van der Waals surface area contributed by atoms with Crippen LogP contribution in [0, 0.1) is 11.8 Å². The molecule has 2 aromatic heterocycles. The van der Waals surface area contributed by atoms with Gasteiger partial charge in [0.1, 0.15) is 5.82 Å². The van der Waals surface area contributed by atoms with Crippen LogP contribution >= 0.6 is 0 Å². The monoisotopic (exact) mass is 439 g/mol. The standard InChI is InChI=1S/C28H33N5/c1-19(2)12-14-33-15-13-20(3)27(33)28-30-17-26(32-28)24-10-6-22(7-11-24)21-4-8-23(9-5-21)25-16-29-18-31-25/h4-11,16-20,27H,12-15H2,1-3H3,(H,29,31)(H,30,32). The van der Waals surface area contributed by atoms with E-state index >= 15 is 0 Å². The Labute approximate surface area is 196 Å². The van der Waals surface area contributed by atoms with Crippen molar-refractivity contribution >= 4 is 0 Å². The fourth-order valence-electron chi connectivity index (χ4n) is 4.88. The summed E-state index contributed by atoms with van der Waals surface area (Å²) in [5, 5.41) is 0. The van der Waals surface area contributed by atoms with Crippen LogP contribution in [0.15, 0.2) is 67.3 Å². The summed E-state index contributed by atoms with van der Waals surface area (Å²) in [5.41, 5.74) is 6.85. The predicted octanol–water partition coefficient (Wildman–Crippen LogP) is 6.56. The molecular weight excluding hydrogens is 406 g/mol. The number of imidazole rings is 2. The second-order valence-corrected chi connectivity index (χ2v) is 9.73. The quantitative estimate of drug-likeness (QED) is 0.343. The number of nitrogens with one attached hydrogen (secondary N) is 2. The molecule has 2 N–H and O–H groups in total. The summed E-state index contributed by atoms with van der Waals surface area (Å²) in [6.45, 7) is 9.28. The lowest BCUT2D eigenvalue weighted by Crippen LogP contribution is -2.27. The van der Waals surface area contributed by atoms with E-state index in [2.05, 4.69) is 89.2 Å². The minimum Gasteiger partial charge on any atom is -0.345 e. The molecule has 0 bridgehead atoms. The van der Waals surface area contributed by atoms with Gasteiger partial charge in [0.25, 0.3) is 0 Å². The van der Waals surface area contributed by atoms with Crippen molar-refractivity contribution in [3.8, 4) is 33.6 Å². The lowest BCUT2D eigenvalue weighted by molar-refractivity contribution is 0.214. The first-order valence-corrected chi connectivity index (χ1v) is 12.1. The van der Waals surface area contributed by atoms with E-state index in [4.69, 9.17) is 4.98 Å². The zero-order chi connectivity index (χ0) is 22.8. The number of hydrogen-bond acceptors (Lipinski definition) is 3. The van der Waals surface area contributed by atoms with Crippen LogP contribution in [-0.2, 0) is 0 Å². The number of likely N-dealkylation sites (tertiary alicyclic amines) is 1. The Morgan fingerprint density at radius 3 is 2.15 bits per heavy atom. The van der Waals surface area contributed by atoms with E-state index in [9.17, 15) is 0 Å². The van der Waals surface area contributed by atoms with Crippen molar-refractivity contribution in [1.82, 2.24) is 24.8 Å². The molecule has 5 heteroatoms. The van der Waals surface area contributed by atoms with Crippen molar-refractivity contribution in [3.05, 3.63) is 73.1 Å². The highest BCUT2D eigenvalue weighted by molar-refractivity contribution is 5.71. The maximum Gasteiger partial charge on any atom is 0.124 e. The van der Waals surface area contributed by atoms with Crippen LogP contribution in [0.1, 0.15) is 45.5 Å². The van der Waals surface area contributed by atoms with E-state index in [1.807, 2.05) is 12.4 Å².